The van der Waals surface area contributed by atoms with Crippen LogP contribution in [0.15, 0.2) is 48.6 Å². The summed E-state index contributed by atoms with van der Waals surface area (Å²) in [5.41, 5.74) is 1.73. The van der Waals surface area contributed by atoms with E-state index in [0.29, 0.717) is 22.3 Å². The molecular formula is C20H32O8. The fourth-order valence-electron chi connectivity index (χ4n) is 0.697. The highest BCUT2D eigenvalue weighted by molar-refractivity contribution is 5.87. The van der Waals surface area contributed by atoms with Gasteiger partial charge in [-0.1, -0.05) is 26.3 Å². The molecule has 0 saturated carbocycles. The second-order valence-corrected chi connectivity index (χ2v) is 5.09. The van der Waals surface area contributed by atoms with Crippen LogP contribution in [0.3, 0.4) is 0 Å². The van der Waals surface area contributed by atoms with Crippen LogP contribution in [-0.2, 0) is 38.1 Å². The van der Waals surface area contributed by atoms with Gasteiger partial charge in [-0.05, 0) is 27.7 Å². The molecule has 0 aliphatic heterocycles. The first-order valence-electron chi connectivity index (χ1n) is 7.68. The van der Waals surface area contributed by atoms with E-state index in [1.54, 1.807) is 27.7 Å². The molecule has 0 atom stereocenters. The van der Waals surface area contributed by atoms with Gasteiger partial charge in [0.05, 0.1) is 28.4 Å². The van der Waals surface area contributed by atoms with Gasteiger partial charge in [0.15, 0.2) is 0 Å². The predicted molar refractivity (Wildman–Crippen MR) is 107 cm³/mol. The van der Waals surface area contributed by atoms with Crippen molar-refractivity contribution in [3.8, 4) is 0 Å². The monoisotopic (exact) mass is 400 g/mol. The van der Waals surface area contributed by atoms with Crippen molar-refractivity contribution >= 4 is 23.9 Å². The minimum absolute atomic E-state index is 0.347. The summed E-state index contributed by atoms with van der Waals surface area (Å²) in [7, 11) is 5.32. The van der Waals surface area contributed by atoms with Crippen LogP contribution in [0.4, 0.5) is 0 Å². The van der Waals surface area contributed by atoms with Gasteiger partial charge in [0.1, 0.15) is 0 Å². The normalized spacial score (nSPS) is 7.71. The molecule has 0 aromatic heterocycles. The van der Waals surface area contributed by atoms with Gasteiger partial charge in [0.2, 0.25) is 0 Å². The lowest BCUT2D eigenvalue weighted by Crippen LogP contribution is -1.98. The number of rotatable bonds is 4. The van der Waals surface area contributed by atoms with Crippen molar-refractivity contribution in [2.45, 2.75) is 27.7 Å². The maximum Gasteiger partial charge on any atom is 0.332 e. The third kappa shape index (κ3) is 25.1. The fraction of sp³-hybridized carbons (Fsp3) is 0.400. The molecule has 0 aliphatic rings. The van der Waals surface area contributed by atoms with Gasteiger partial charge in [0, 0.05) is 22.3 Å². The Morgan fingerprint density at radius 1 is 0.429 bits per heavy atom. The van der Waals surface area contributed by atoms with Crippen LogP contribution in [0.1, 0.15) is 27.7 Å². The predicted octanol–water partition coefficient (Wildman–Crippen LogP) is 2.94. The van der Waals surface area contributed by atoms with Gasteiger partial charge in [-0.25, -0.2) is 19.2 Å². The molecule has 28 heavy (non-hydrogen) atoms. The Labute approximate surface area is 167 Å². The van der Waals surface area contributed by atoms with Crippen LogP contribution < -0.4 is 0 Å². The highest BCUT2D eigenvalue weighted by atomic mass is 16.5. The Morgan fingerprint density at radius 2 is 0.536 bits per heavy atom. The van der Waals surface area contributed by atoms with Gasteiger partial charge in [-0.15, -0.1) is 0 Å². The molecule has 160 valence electrons. The average molecular weight is 400 g/mol. The van der Waals surface area contributed by atoms with Crippen LogP contribution in [-0.4, -0.2) is 52.3 Å². The largest absolute Gasteiger partial charge is 0.466 e. The Kier molecular flexibility index (Phi) is 23.4. The summed E-state index contributed by atoms with van der Waals surface area (Å²) >= 11 is 0. The first-order valence-corrected chi connectivity index (χ1v) is 7.68. The summed E-state index contributed by atoms with van der Waals surface area (Å²) in [5, 5.41) is 0. The highest BCUT2D eigenvalue weighted by Gasteiger charge is 1.97. The molecule has 8 nitrogen and oxygen atoms in total. The maximum atomic E-state index is 10.2. The van der Waals surface area contributed by atoms with E-state index >= 15 is 0 Å². The van der Waals surface area contributed by atoms with E-state index in [2.05, 4.69) is 45.3 Å². The smallest absolute Gasteiger partial charge is 0.332 e. The summed E-state index contributed by atoms with van der Waals surface area (Å²) in [6.45, 7) is 19.8. The molecule has 0 unspecified atom stereocenters. The van der Waals surface area contributed by atoms with E-state index in [4.69, 9.17) is 0 Å². The van der Waals surface area contributed by atoms with Crippen molar-refractivity contribution in [3.63, 3.8) is 0 Å². The second kappa shape index (κ2) is 20.2. The zero-order valence-electron chi connectivity index (χ0n) is 18.1. The van der Waals surface area contributed by atoms with E-state index in [1.807, 2.05) is 0 Å². The van der Waals surface area contributed by atoms with Crippen LogP contribution in [0.25, 0.3) is 0 Å². The van der Waals surface area contributed by atoms with Crippen molar-refractivity contribution in [2.75, 3.05) is 28.4 Å². The lowest BCUT2D eigenvalue weighted by atomic mass is 10.4. The molecule has 0 fully saturated rings. The summed E-state index contributed by atoms with van der Waals surface area (Å²) < 4.78 is 17.1. The average Bonchev–Trinajstić information content (AvgIpc) is 2.66. The second-order valence-electron chi connectivity index (χ2n) is 5.09. The number of carbonyl (C=O) groups is 4. The Morgan fingerprint density at radius 3 is 0.536 bits per heavy atom. The van der Waals surface area contributed by atoms with Gasteiger partial charge >= 0.3 is 23.9 Å². The van der Waals surface area contributed by atoms with Crippen molar-refractivity contribution in [1.29, 1.82) is 0 Å². The third-order valence-corrected chi connectivity index (χ3v) is 2.14. The van der Waals surface area contributed by atoms with Gasteiger partial charge in [-0.2, -0.15) is 0 Å². The molecule has 0 aliphatic carbocycles. The number of hydrogen-bond donors (Lipinski definition) is 0. The standard InChI is InChI=1S/4C5H8O2/c4*1-4(2)5(6)7-3/h4*1H2,2-3H3. The molecular weight excluding hydrogens is 368 g/mol. The van der Waals surface area contributed by atoms with E-state index in [9.17, 15) is 19.2 Å². The minimum atomic E-state index is -0.347. The van der Waals surface area contributed by atoms with Gasteiger partial charge in [-0.3, -0.25) is 0 Å². The van der Waals surface area contributed by atoms with Crippen molar-refractivity contribution in [2.24, 2.45) is 0 Å². The third-order valence-electron chi connectivity index (χ3n) is 2.14. The molecule has 0 amide bonds. The topological polar surface area (TPSA) is 105 Å². The molecule has 0 spiro atoms. The van der Waals surface area contributed by atoms with Crippen LogP contribution in [0.5, 0.6) is 0 Å². The van der Waals surface area contributed by atoms with Crippen molar-refractivity contribution in [1.82, 2.24) is 0 Å². The summed E-state index contributed by atoms with van der Waals surface area (Å²) in [6.07, 6.45) is 0. The van der Waals surface area contributed by atoms with E-state index < -0.39 is 0 Å². The Hall–Kier alpha value is -3.16. The van der Waals surface area contributed by atoms with Crippen molar-refractivity contribution < 1.29 is 38.1 Å². The molecule has 0 aromatic carbocycles. The Bertz CT molecular complexity index is 481. The molecule has 0 aromatic rings. The van der Waals surface area contributed by atoms with Gasteiger partial charge in [0.25, 0.3) is 0 Å². The van der Waals surface area contributed by atoms with Crippen LogP contribution in [0.2, 0.25) is 0 Å². The first kappa shape index (κ1) is 32.5. The summed E-state index contributed by atoms with van der Waals surface area (Å²) in [4.78, 5) is 40.8. The molecule has 0 saturated heterocycles. The van der Waals surface area contributed by atoms with E-state index in [1.165, 1.54) is 28.4 Å². The van der Waals surface area contributed by atoms with Crippen molar-refractivity contribution in [3.05, 3.63) is 48.6 Å². The quantitative estimate of drug-likeness (QED) is 0.403. The minimum Gasteiger partial charge on any atom is -0.466 e. The summed E-state index contributed by atoms with van der Waals surface area (Å²) in [6, 6.07) is 0. The highest BCUT2D eigenvalue weighted by Crippen LogP contribution is 1.88. The lowest BCUT2D eigenvalue weighted by molar-refractivity contribution is -0.136. The number of methoxy groups -OCH3 is 4. The maximum absolute atomic E-state index is 10.2. The molecule has 0 rings (SSSR count). The van der Waals surface area contributed by atoms with Gasteiger partial charge < -0.3 is 18.9 Å². The lowest BCUT2D eigenvalue weighted by Gasteiger charge is -1.91. The van der Waals surface area contributed by atoms with E-state index in [0.717, 1.165) is 0 Å². The van der Waals surface area contributed by atoms with Crippen LogP contribution >= 0.6 is 0 Å². The van der Waals surface area contributed by atoms with E-state index in [-0.39, 0.29) is 23.9 Å². The fourth-order valence-corrected chi connectivity index (χ4v) is 0.697. The molecule has 0 N–H and O–H groups in total. The number of hydrogen-bond acceptors (Lipinski definition) is 8. The molecule has 8 heteroatoms. The molecule has 0 radical (unpaired) electrons. The summed E-state index contributed by atoms with van der Waals surface area (Å²) in [5.74, 6) is -1.39. The zero-order chi connectivity index (χ0) is 23.4. The number of ether oxygens (including phenoxy) is 4. The zero-order valence-corrected chi connectivity index (χ0v) is 18.1. The molecule has 0 bridgehead atoms. The number of carbonyl (C=O) groups excluding carboxylic acids is 4. The number of esters is 4. The first-order chi connectivity index (χ1) is 12.7. The molecule has 0 heterocycles. The SMILES string of the molecule is C=C(C)C(=O)OC.C=C(C)C(=O)OC.C=C(C)C(=O)OC.C=C(C)C(=O)OC. The Balaban J connectivity index is -0.000000137. The van der Waals surface area contributed by atoms with Crippen LogP contribution in [0, 0.1) is 0 Å².